The molecule has 1 N–H and O–H groups in total. The van der Waals surface area contributed by atoms with Crippen LogP contribution in [0.5, 0.6) is 5.75 Å². The minimum absolute atomic E-state index is 0.404. The number of methoxy groups -OCH3 is 1. The zero-order chi connectivity index (χ0) is 16.8. The quantitative estimate of drug-likeness (QED) is 0.579. The van der Waals surface area contributed by atoms with Crippen LogP contribution in [0, 0.1) is 3.57 Å². The van der Waals surface area contributed by atoms with Gasteiger partial charge >= 0.3 is 6.03 Å². The molecule has 0 aromatic heterocycles. The lowest BCUT2D eigenvalue weighted by atomic mass is 10.2. The van der Waals surface area contributed by atoms with Gasteiger partial charge in [0.25, 0.3) is 5.91 Å². The molecule has 0 heterocycles. The number of ether oxygens (including phenoxy) is 1. The zero-order valence-corrected chi connectivity index (χ0v) is 15.6. The molecule has 0 saturated carbocycles. The fourth-order valence-electron chi connectivity index (χ4n) is 1.74. The molecule has 0 saturated heterocycles. The first kappa shape index (κ1) is 17.6. The number of benzene rings is 2. The Morgan fingerprint density at radius 3 is 2.48 bits per heavy atom. The minimum atomic E-state index is -0.477. The van der Waals surface area contributed by atoms with Crippen molar-refractivity contribution < 1.29 is 14.3 Å². The molecule has 0 aliphatic carbocycles. The van der Waals surface area contributed by atoms with Gasteiger partial charge in [0, 0.05) is 17.5 Å². The number of nitrogens with one attached hydrogen (secondary N) is 1. The van der Waals surface area contributed by atoms with Gasteiger partial charge in [0.15, 0.2) is 0 Å². The van der Waals surface area contributed by atoms with Gasteiger partial charge in [-0.1, -0.05) is 18.2 Å². The van der Waals surface area contributed by atoms with Crippen molar-refractivity contribution in [2.24, 2.45) is 0 Å². The van der Waals surface area contributed by atoms with Gasteiger partial charge in [0.05, 0.1) is 10.7 Å². The number of carbonyl (C=O) groups is 2. The monoisotopic (exact) mass is 442 g/mol. The molecule has 0 unspecified atom stereocenters. The van der Waals surface area contributed by atoms with Crippen LogP contribution >= 0.6 is 34.5 Å². The minimum Gasteiger partial charge on any atom is -0.496 e. The molecule has 2 rings (SSSR count). The SMILES string of the molecule is COc1ccc(C(=O)NC(=O)N(C)Sc2ccccc2)cc1I. The number of hydrogen-bond acceptors (Lipinski definition) is 4. The highest BCUT2D eigenvalue weighted by Crippen LogP contribution is 2.22. The number of carbonyl (C=O) groups excluding carboxylic acids is 2. The van der Waals surface area contributed by atoms with E-state index in [4.69, 9.17) is 4.74 Å². The predicted molar refractivity (Wildman–Crippen MR) is 98.6 cm³/mol. The summed E-state index contributed by atoms with van der Waals surface area (Å²) in [6, 6.07) is 14.0. The third-order valence-corrected chi connectivity index (χ3v) is 4.67. The van der Waals surface area contributed by atoms with Crippen LogP contribution in [0.3, 0.4) is 0 Å². The number of halogens is 1. The van der Waals surface area contributed by atoms with Crippen LogP contribution in [-0.2, 0) is 0 Å². The Morgan fingerprint density at radius 1 is 1.17 bits per heavy atom. The summed E-state index contributed by atoms with van der Waals surface area (Å²) in [5.41, 5.74) is 0.404. The summed E-state index contributed by atoms with van der Waals surface area (Å²) in [7, 11) is 3.18. The standard InChI is InChI=1S/C16H15IN2O3S/c1-19(23-12-6-4-3-5-7-12)16(21)18-15(20)11-8-9-14(22-2)13(17)10-11/h3-10H,1-2H3,(H,18,20,21). The van der Waals surface area contributed by atoms with E-state index < -0.39 is 11.9 Å². The summed E-state index contributed by atoms with van der Waals surface area (Å²) in [5.74, 6) is 0.237. The third kappa shape index (κ3) is 4.87. The molecule has 0 aliphatic heterocycles. The van der Waals surface area contributed by atoms with Crippen LogP contribution in [0.15, 0.2) is 53.4 Å². The van der Waals surface area contributed by atoms with Crippen LogP contribution < -0.4 is 10.1 Å². The van der Waals surface area contributed by atoms with Gasteiger partial charge in [-0.15, -0.1) is 0 Å². The van der Waals surface area contributed by atoms with Crippen molar-refractivity contribution in [1.82, 2.24) is 9.62 Å². The second-order valence-corrected chi connectivity index (χ2v) is 6.87. The Bertz CT molecular complexity index is 710. The molecular weight excluding hydrogens is 427 g/mol. The molecule has 3 amide bonds. The van der Waals surface area contributed by atoms with Crippen molar-refractivity contribution in [3.8, 4) is 5.75 Å². The first-order chi connectivity index (χ1) is 11.0. The maximum Gasteiger partial charge on any atom is 0.334 e. The van der Waals surface area contributed by atoms with Crippen LogP contribution in [0.25, 0.3) is 0 Å². The molecule has 0 radical (unpaired) electrons. The van der Waals surface area contributed by atoms with Crippen molar-refractivity contribution in [2.45, 2.75) is 4.90 Å². The second kappa shape index (κ2) is 8.21. The maximum absolute atomic E-state index is 12.2. The van der Waals surface area contributed by atoms with E-state index in [0.29, 0.717) is 11.3 Å². The van der Waals surface area contributed by atoms with E-state index >= 15 is 0 Å². The number of amides is 3. The zero-order valence-electron chi connectivity index (χ0n) is 12.6. The summed E-state index contributed by atoms with van der Waals surface area (Å²) < 4.78 is 7.33. The van der Waals surface area contributed by atoms with Crippen LogP contribution in [0.4, 0.5) is 4.79 Å². The highest BCUT2D eigenvalue weighted by Gasteiger charge is 2.16. The van der Waals surface area contributed by atoms with Crippen LogP contribution in [0.2, 0.25) is 0 Å². The van der Waals surface area contributed by atoms with Gasteiger partial charge in [-0.2, -0.15) is 0 Å². The normalized spacial score (nSPS) is 10.0. The highest BCUT2D eigenvalue weighted by molar-refractivity contribution is 14.1. The third-order valence-electron chi connectivity index (χ3n) is 2.91. The molecule has 23 heavy (non-hydrogen) atoms. The number of hydrogen-bond donors (Lipinski definition) is 1. The molecule has 5 nitrogen and oxygen atoms in total. The van der Waals surface area contributed by atoms with Crippen molar-refractivity contribution in [3.63, 3.8) is 0 Å². The van der Waals surface area contributed by atoms with Gasteiger partial charge in [-0.05, 0) is 64.9 Å². The fourth-order valence-corrected chi connectivity index (χ4v) is 3.20. The molecule has 2 aromatic rings. The topological polar surface area (TPSA) is 58.6 Å². The van der Waals surface area contributed by atoms with E-state index in [0.717, 1.165) is 8.47 Å². The first-order valence-electron chi connectivity index (χ1n) is 6.67. The van der Waals surface area contributed by atoms with Gasteiger partial charge in [-0.3, -0.25) is 14.4 Å². The van der Waals surface area contributed by atoms with E-state index in [1.807, 2.05) is 30.3 Å². The summed E-state index contributed by atoms with van der Waals surface area (Å²) in [5, 5.41) is 2.36. The van der Waals surface area contributed by atoms with Crippen molar-refractivity contribution in [3.05, 3.63) is 57.7 Å². The first-order valence-corrected chi connectivity index (χ1v) is 8.52. The Kier molecular flexibility index (Phi) is 6.28. The average molecular weight is 442 g/mol. The van der Waals surface area contributed by atoms with E-state index in [9.17, 15) is 9.59 Å². The summed E-state index contributed by atoms with van der Waals surface area (Å²) in [6.07, 6.45) is 0. The molecule has 2 aromatic carbocycles. The van der Waals surface area contributed by atoms with Crippen LogP contribution in [0.1, 0.15) is 10.4 Å². The lowest BCUT2D eigenvalue weighted by Crippen LogP contribution is -2.37. The molecule has 0 spiro atoms. The van der Waals surface area contributed by atoms with Gasteiger partial charge in [0.1, 0.15) is 5.75 Å². The average Bonchev–Trinajstić information content (AvgIpc) is 2.55. The Labute approximate surface area is 152 Å². The Balaban J connectivity index is 1.99. The van der Waals surface area contributed by atoms with Gasteiger partial charge in [-0.25, -0.2) is 4.79 Å². The Morgan fingerprint density at radius 2 is 1.87 bits per heavy atom. The number of nitrogens with zero attached hydrogens (tertiary/aromatic N) is 1. The van der Waals surface area contributed by atoms with Crippen molar-refractivity contribution in [2.75, 3.05) is 14.2 Å². The van der Waals surface area contributed by atoms with Gasteiger partial charge in [0.2, 0.25) is 0 Å². The van der Waals surface area contributed by atoms with E-state index in [-0.39, 0.29) is 0 Å². The van der Waals surface area contributed by atoms with E-state index in [2.05, 4.69) is 27.9 Å². The lowest BCUT2D eigenvalue weighted by Gasteiger charge is -2.16. The molecular formula is C16H15IN2O3S. The number of imide groups is 1. The summed E-state index contributed by atoms with van der Waals surface area (Å²) in [4.78, 5) is 25.2. The summed E-state index contributed by atoms with van der Waals surface area (Å²) >= 11 is 3.32. The molecule has 0 aliphatic rings. The van der Waals surface area contributed by atoms with Crippen molar-refractivity contribution in [1.29, 1.82) is 0 Å². The summed E-state index contributed by atoms with van der Waals surface area (Å²) in [6.45, 7) is 0. The van der Waals surface area contributed by atoms with E-state index in [1.165, 1.54) is 16.3 Å². The molecule has 0 bridgehead atoms. The lowest BCUT2D eigenvalue weighted by molar-refractivity contribution is 0.0961. The number of urea groups is 1. The fraction of sp³-hybridized carbons (Fsp3) is 0.125. The van der Waals surface area contributed by atoms with Crippen LogP contribution in [-0.4, -0.2) is 30.4 Å². The highest BCUT2D eigenvalue weighted by atomic mass is 127. The predicted octanol–water partition coefficient (Wildman–Crippen LogP) is 3.79. The maximum atomic E-state index is 12.2. The van der Waals surface area contributed by atoms with Crippen molar-refractivity contribution >= 4 is 46.5 Å². The van der Waals surface area contributed by atoms with E-state index in [1.54, 1.807) is 32.4 Å². The molecule has 0 atom stereocenters. The molecule has 0 fully saturated rings. The molecule has 120 valence electrons. The number of rotatable bonds is 4. The smallest absolute Gasteiger partial charge is 0.334 e. The largest absolute Gasteiger partial charge is 0.496 e. The second-order valence-electron chi connectivity index (χ2n) is 4.51. The van der Waals surface area contributed by atoms with Gasteiger partial charge < -0.3 is 4.74 Å². The Hall–Kier alpha value is -1.74. The molecule has 7 heteroatoms.